The van der Waals surface area contributed by atoms with Gasteiger partial charge < -0.3 is 10.1 Å². The number of benzene rings is 1. The molecule has 0 saturated heterocycles. The van der Waals surface area contributed by atoms with Crippen LogP contribution in [0.25, 0.3) is 0 Å². The van der Waals surface area contributed by atoms with E-state index in [1.54, 1.807) is 0 Å². The number of nitrogens with two attached hydrogens (primary N) is 1. The minimum Gasteiger partial charge on any atom is -0.467 e. The molecule has 0 aliphatic rings. The zero-order valence-electron chi connectivity index (χ0n) is 10.1. The lowest BCUT2D eigenvalue weighted by Gasteiger charge is -2.09. The first-order valence-corrected chi connectivity index (χ1v) is 5.97. The Labute approximate surface area is 123 Å². The van der Waals surface area contributed by atoms with Crippen LogP contribution < -0.4 is 21.3 Å². The van der Waals surface area contributed by atoms with Crippen LogP contribution in [0.3, 0.4) is 0 Å². The number of nitrogens with zero attached hydrogens (tertiary/aromatic N) is 3. The summed E-state index contributed by atoms with van der Waals surface area (Å²) in [6.07, 6.45) is 0. The summed E-state index contributed by atoms with van der Waals surface area (Å²) in [4.78, 5) is 11.7. The van der Waals surface area contributed by atoms with E-state index in [0.717, 1.165) is 0 Å². The van der Waals surface area contributed by atoms with E-state index in [4.69, 9.17) is 33.8 Å². The van der Waals surface area contributed by atoms with Crippen LogP contribution in [0.1, 0.15) is 0 Å². The highest BCUT2D eigenvalue weighted by Gasteiger charge is 2.10. The van der Waals surface area contributed by atoms with E-state index in [1.807, 2.05) is 0 Å². The van der Waals surface area contributed by atoms with Gasteiger partial charge in [-0.15, -0.1) is 0 Å². The van der Waals surface area contributed by atoms with Gasteiger partial charge in [0.2, 0.25) is 11.9 Å². The van der Waals surface area contributed by atoms with Crippen LogP contribution in [0, 0.1) is 5.82 Å². The molecule has 0 atom stereocenters. The summed E-state index contributed by atoms with van der Waals surface area (Å²) in [5.41, 5.74) is 2.67. The molecule has 0 bridgehead atoms. The molecule has 0 radical (unpaired) electrons. The molecule has 0 aliphatic heterocycles. The zero-order valence-corrected chi connectivity index (χ0v) is 11.6. The molecule has 2 aromatic rings. The number of ether oxygens (including phenoxy) is 1. The highest BCUT2D eigenvalue weighted by molar-refractivity contribution is 6.35. The van der Waals surface area contributed by atoms with Crippen molar-refractivity contribution >= 4 is 40.8 Å². The van der Waals surface area contributed by atoms with Crippen molar-refractivity contribution in [2.45, 2.75) is 0 Å². The second kappa shape index (κ2) is 6.04. The normalized spacial score (nSPS) is 10.2. The molecular formula is C10H9Cl2FN6O. The van der Waals surface area contributed by atoms with Gasteiger partial charge in [0.05, 0.1) is 17.2 Å². The lowest BCUT2D eigenvalue weighted by atomic mass is 10.3. The molecule has 7 nitrogen and oxygen atoms in total. The summed E-state index contributed by atoms with van der Waals surface area (Å²) in [6, 6.07) is 2.73. The van der Waals surface area contributed by atoms with Gasteiger partial charge in [0.25, 0.3) is 0 Å². The SMILES string of the molecule is COc1nc(NN)nc(Nc2cc(Cl)c(F)c(Cl)c2)n1. The molecule has 106 valence electrons. The van der Waals surface area contributed by atoms with E-state index in [-0.39, 0.29) is 28.0 Å². The Morgan fingerprint density at radius 3 is 2.30 bits per heavy atom. The summed E-state index contributed by atoms with van der Waals surface area (Å²) in [6.45, 7) is 0. The second-order valence-corrected chi connectivity index (χ2v) is 4.31. The van der Waals surface area contributed by atoms with Gasteiger partial charge in [-0.05, 0) is 12.1 Å². The monoisotopic (exact) mass is 318 g/mol. The van der Waals surface area contributed by atoms with Crippen LogP contribution in [0.15, 0.2) is 12.1 Å². The fourth-order valence-electron chi connectivity index (χ4n) is 1.33. The maximum Gasteiger partial charge on any atom is 0.322 e. The van der Waals surface area contributed by atoms with Crippen molar-refractivity contribution in [2.75, 3.05) is 17.9 Å². The molecule has 1 aromatic carbocycles. The average molecular weight is 319 g/mol. The highest BCUT2D eigenvalue weighted by atomic mass is 35.5. The fraction of sp³-hybridized carbons (Fsp3) is 0.100. The number of hydrogen-bond acceptors (Lipinski definition) is 7. The van der Waals surface area contributed by atoms with Crippen molar-refractivity contribution in [2.24, 2.45) is 5.84 Å². The zero-order chi connectivity index (χ0) is 14.7. The number of methoxy groups -OCH3 is 1. The van der Waals surface area contributed by atoms with Gasteiger partial charge in [-0.2, -0.15) is 15.0 Å². The molecule has 1 aromatic heterocycles. The summed E-state index contributed by atoms with van der Waals surface area (Å²) in [7, 11) is 1.39. The largest absolute Gasteiger partial charge is 0.467 e. The fourth-order valence-corrected chi connectivity index (χ4v) is 1.81. The van der Waals surface area contributed by atoms with Crippen molar-refractivity contribution in [1.82, 2.24) is 15.0 Å². The molecular weight excluding hydrogens is 310 g/mol. The Morgan fingerprint density at radius 2 is 1.75 bits per heavy atom. The Morgan fingerprint density at radius 1 is 1.15 bits per heavy atom. The lowest BCUT2D eigenvalue weighted by Crippen LogP contribution is -2.13. The van der Waals surface area contributed by atoms with Crippen LogP contribution >= 0.6 is 23.2 Å². The molecule has 0 fully saturated rings. The summed E-state index contributed by atoms with van der Waals surface area (Å²) in [5, 5.41) is 2.54. The minimum absolute atomic E-state index is 0.0507. The number of halogens is 3. The molecule has 10 heteroatoms. The summed E-state index contributed by atoms with van der Waals surface area (Å²) < 4.78 is 18.2. The predicted molar refractivity (Wildman–Crippen MR) is 73.9 cm³/mol. The van der Waals surface area contributed by atoms with Gasteiger partial charge >= 0.3 is 6.01 Å². The molecule has 2 rings (SSSR count). The molecule has 1 heterocycles. The Kier molecular flexibility index (Phi) is 4.38. The van der Waals surface area contributed by atoms with Crippen LogP contribution in [0.4, 0.5) is 22.0 Å². The van der Waals surface area contributed by atoms with Gasteiger partial charge in [-0.25, -0.2) is 10.2 Å². The molecule has 0 spiro atoms. The van der Waals surface area contributed by atoms with Gasteiger partial charge in [0.1, 0.15) is 0 Å². The molecule has 0 saturated carbocycles. The number of hydrazine groups is 1. The van der Waals surface area contributed by atoms with E-state index >= 15 is 0 Å². The number of aromatic nitrogens is 3. The van der Waals surface area contributed by atoms with E-state index in [0.29, 0.717) is 5.69 Å². The van der Waals surface area contributed by atoms with Gasteiger partial charge in [-0.1, -0.05) is 23.2 Å². The highest BCUT2D eigenvalue weighted by Crippen LogP contribution is 2.28. The Bertz CT molecular complexity index is 596. The third-order valence-electron chi connectivity index (χ3n) is 2.17. The molecule has 20 heavy (non-hydrogen) atoms. The third-order valence-corrected chi connectivity index (χ3v) is 2.72. The molecule has 0 aliphatic carbocycles. The first kappa shape index (κ1) is 14.5. The van der Waals surface area contributed by atoms with Crippen molar-refractivity contribution < 1.29 is 9.13 Å². The molecule has 0 unspecified atom stereocenters. The first-order chi connectivity index (χ1) is 9.53. The van der Waals surface area contributed by atoms with E-state index in [2.05, 4.69) is 25.7 Å². The van der Waals surface area contributed by atoms with Crippen molar-refractivity contribution in [3.8, 4) is 6.01 Å². The Balaban J connectivity index is 2.34. The quantitative estimate of drug-likeness (QED) is 0.452. The van der Waals surface area contributed by atoms with Crippen LogP contribution in [-0.4, -0.2) is 22.1 Å². The van der Waals surface area contributed by atoms with Crippen LogP contribution in [-0.2, 0) is 0 Å². The van der Waals surface area contributed by atoms with Crippen molar-refractivity contribution in [3.63, 3.8) is 0 Å². The standard InChI is InChI=1S/C10H9Cl2FN6O/c1-20-10-17-8(16-9(18-10)19-14)15-4-2-5(11)7(13)6(12)3-4/h2-3H,14H2,1H3,(H2,15,16,17,18,19). The van der Waals surface area contributed by atoms with Crippen molar-refractivity contribution in [1.29, 1.82) is 0 Å². The smallest absolute Gasteiger partial charge is 0.322 e. The first-order valence-electron chi connectivity index (χ1n) is 5.21. The predicted octanol–water partition coefficient (Wildman–Crippen LogP) is 2.36. The van der Waals surface area contributed by atoms with Gasteiger partial charge in [0, 0.05) is 5.69 Å². The third kappa shape index (κ3) is 3.16. The molecule has 0 amide bonds. The Hall–Kier alpha value is -1.90. The van der Waals surface area contributed by atoms with E-state index < -0.39 is 5.82 Å². The average Bonchev–Trinajstić information content (AvgIpc) is 2.44. The maximum absolute atomic E-state index is 13.3. The van der Waals surface area contributed by atoms with Crippen LogP contribution in [0.5, 0.6) is 6.01 Å². The molecule has 4 N–H and O–H groups in total. The summed E-state index contributed by atoms with van der Waals surface area (Å²) >= 11 is 11.4. The number of anilines is 3. The topological polar surface area (TPSA) is 98.0 Å². The van der Waals surface area contributed by atoms with Gasteiger partial charge in [0.15, 0.2) is 5.82 Å². The minimum atomic E-state index is -0.698. The number of rotatable bonds is 4. The number of nitrogens with one attached hydrogen (secondary N) is 2. The van der Waals surface area contributed by atoms with E-state index in [1.165, 1.54) is 19.2 Å². The van der Waals surface area contributed by atoms with E-state index in [9.17, 15) is 4.39 Å². The summed E-state index contributed by atoms with van der Waals surface area (Å²) in [5.74, 6) is 4.75. The van der Waals surface area contributed by atoms with Gasteiger partial charge in [-0.3, -0.25) is 5.43 Å². The maximum atomic E-state index is 13.3. The number of nitrogen functional groups attached to an aromatic ring is 1. The van der Waals surface area contributed by atoms with Crippen molar-refractivity contribution in [3.05, 3.63) is 28.0 Å². The number of hydrogen-bond donors (Lipinski definition) is 3. The second-order valence-electron chi connectivity index (χ2n) is 3.49. The van der Waals surface area contributed by atoms with Crippen LogP contribution in [0.2, 0.25) is 10.0 Å². The lowest BCUT2D eigenvalue weighted by molar-refractivity contribution is 0.379.